The highest BCUT2D eigenvalue weighted by molar-refractivity contribution is 6.42. The van der Waals surface area contributed by atoms with E-state index in [4.69, 9.17) is 34.8 Å². The average Bonchev–Trinajstić information content (AvgIpc) is 2.89. The Morgan fingerprint density at radius 3 is 2.14 bits per heavy atom. The first-order valence-corrected chi connectivity index (χ1v) is 8.11. The first-order chi connectivity index (χ1) is 12.7. The second-order valence-electron chi connectivity index (χ2n) is 5.37. The third-order valence-corrected chi connectivity index (χ3v) is 4.33. The average molecular weight is 473 g/mol. The number of hydrogen-bond acceptors (Lipinski definition) is 2. The summed E-state index contributed by atoms with van der Waals surface area (Å²) in [6.45, 7) is -0.0540. The zero-order chi connectivity index (χ0) is 21.5. The molecule has 1 N–H and O–H groups in total. The molecule has 1 aromatic carbocycles. The Bertz CT molecular complexity index is 899. The summed E-state index contributed by atoms with van der Waals surface area (Å²) in [6.07, 6.45) is -5.62. The van der Waals surface area contributed by atoms with Gasteiger partial charge in [-0.1, -0.05) is 40.9 Å². The van der Waals surface area contributed by atoms with E-state index in [1.54, 1.807) is 0 Å². The van der Waals surface area contributed by atoms with Crippen molar-refractivity contribution in [3.63, 3.8) is 0 Å². The van der Waals surface area contributed by atoms with Crippen LogP contribution in [0.25, 0.3) is 0 Å². The van der Waals surface area contributed by atoms with Crippen LogP contribution in [-0.4, -0.2) is 33.7 Å². The van der Waals surface area contributed by atoms with Crippen LogP contribution < -0.4 is 5.32 Å². The number of nitrogens with one attached hydrogen (secondary N) is 1. The minimum absolute atomic E-state index is 0.0540. The Morgan fingerprint density at radius 1 is 1.00 bits per heavy atom. The summed E-state index contributed by atoms with van der Waals surface area (Å²) in [5, 5.41) is 4.72. The fraction of sp³-hybridized carbons (Fsp3) is 0.286. The zero-order valence-electron chi connectivity index (χ0n) is 13.1. The molecule has 0 aliphatic heterocycles. The maximum absolute atomic E-state index is 13.4. The summed E-state index contributed by atoms with van der Waals surface area (Å²) < 4.78 is 90.0. The Labute approximate surface area is 167 Å². The summed E-state index contributed by atoms with van der Waals surface area (Å²) in [6, 6.07) is 4.42. The van der Waals surface area contributed by atoms with E-state index < -0.39 is 34.8 Å². The van der Waals surface area contributed by atoms with Crippen molar-refractivity contribution in [2.24, 2.45) is 0 Å². The molecule has 154 valence electrons. The number of alkyl halides is 7. The van der Waals surface area contributed by atoms with Gasteiger partial charge in [0.05, 0.1) is 16.6 Å². The first kappa shape index (κ1) is 22.6. The van der Waals surface area contributed by atoms with Crippen LogP contribution in [0.3, 0.4) is 0 Å². The molecule has 0 aliphatic rings. The smallest absolute Gasteiger partial charge is 0.302 e. The van der Waals surface area contributed by atoms with Crippen molar-refractivity contribution in [1.29, 1.82) is 0 Å². The van der Waals surface area contributed by atoms with E-state index in [1.807, 2.05) is 0 Å². The molecule has 0 unspecified atom stereocenters. The normalized spacial score (nSPS) is 12.9. The molecule has 0 aliphatic carbocycles. The lowest BCUT2D eigenvalue weighted by atomic mass is 10.1. The fourth-order valence-corrected chi connectivity index (χ4v) is 2.41. The molecule has 1 heterocycles. The van der Waals surface area contributed by atoms with Gasteiger partial charge in [0, 0.05) is 6.20 Å². The van der Waals surface area contributed by atoms with Crippen LogP contribution in [0, 0.1) is 0 Å². The molecular weight excluding hydrogens is 466 g/mol. The van der Waals surface area contributed by atoms with Crippen molar-refractivity contribution in [3.8, 4) is 0 Å². The molecule has 14 heteroatoms. The molecule has 0 bridgehead atoms. The van der Waals surface area contributed by atoms with E-state index in [0.29, 0.717) is 5.56 Å². The van der Waals surface area contributed by atoms with Crippen molar-refractivity contribution in [2.45, 2.75) is 24.6 Å². The molecule has 28 heavy (non-hydrogen) atoms. The van der Waals surface area contributed by atoms with Gasteiger partial charge in [-0.05, 0) is 17.7 Å². The third kappa shape index (κ3) is 4.31. The molecule has 1 aromatic heterocycles. The molecule has 2 aromatic rings. The van der Waals surface area contributed by atoms with Gasteiger partial charge in [0.25, 0.3) is 0 Å². The molecule has 1 amide bonds. The number of anilines is 1. The molecule has 0 fully saturated rings. The molecule has 0 spiro atoms. The van der Waals surface area contributed by atoms with Gasteiger partial charge in [-0.25, -0.2) is 0 Å². The number of halogens is 10. The Morgan fingerprint density at radius 2 is 1.61 bits per heavy atom. The highest BCUT2D eigenvalue weighted by atomic mass is 35.5. The molecular formula is C14H7Cl3F7N3O. The van der Waals surface area contributed by atoms with Gasteiger partial charge in [0.2, 0.25) is 0 Å². The summed E-state index contributed by atoms with van der Waals surface area (Å²) in [5.74, 6) is -16.4. The molecule has 0 saturated carbocycles. The van der Waals surface area contributed by atoms with Crippen molar-refractivity contribution in [3.05, 3.63) is 45.0 Å². The number of rotatable bonds is 5. The number of amides is 1. The van der Waals surface area contributed by atoms with Crippen molar-refractivity contribution < 1.29 is 35.5 Å². The maximum atomic E-state index is 13.4. The summed E-state index contributed by atoms with van der Waals surface area (Å²) >= 11 is 17.2. The lowest BCUT2D eigenvalue weighted by Gasteiger charge is -2.26. The van der Waals surface area contributed by atoms with E-state index in [-0.39, 0.29) is 16.6 Å². The number of aromatic nitrogens is 2. The van der Waals surface area contributed by atoms with Crippen LogP contribution in [-0.2, 0) is 11.3 Å². The minimum atomic E-state index is -6.65. The number of benzene rings is 1. The van der Waals surface area contributed by atoms with E-state index in [2.05, 4.69) is 5.10 Å². The van der Waals surface area contributed by atoms with Crippen LogP contribution >= 0.6 is 34.8 Å². The van der Waals surface area contributed by atoms with E-state index in [0.717, 1.165) is 10.9 Å². The number of nitrogens with zero attached hydrogens (tertiary/aromatic N) is 2. The van der Waals surface area contributed by atoms with Gasteiger partial charge in [0.1, 0.15) is 5.02 Å². The highest BCUT2D eigenvalue weighted by Gasteiger charge is 2.76. The minimum Gasteiger partial charge on any atom is -0.302 e. The van der Waals surface area contributed by atoms with Crippen LogP contribution in [0.2, 0.25) is 15.1 Å². The van der Waals surface area contributed by atoms with Gasteiger partial charge < -0.3 is 5.32 Å². The number of hydrogen-bond donors (Lipinski definition) is 1. The Kier molecular flexibility index (Phi) is 6.13. The maximum Gasteiger partial charge on any atom is 0.460 e. The molecule has 0 radical (unpaired) electrons. The van der Waals surface area contributed by atoms with Gasteiger partial charge >= 0.3 is 23.9 Å². The first-order valence-electron chi connectivity index (χ1n) is 6.97. The topological polar surface area (TPSA) is 46.9 Å². The predicted molar refractivity (Wildman–Crippen MR) is 87.4 cm³/mol. The standard InChI is InChI=1S/C14H7Cl3F7N3O/c15-7-2-1-6(3-8(7)16)4-27-5-9(17)10(26-27)25-11(28)12(18,19)13(20,21)14(22,23)24/h1-3,5H,4H2,(H,25,26,28). The molecule has 0 saturated heterocycles. The monoisotopic (exact) mass is 471 g/mol. The van der Waals surface area contributed by atoms with Gasteiger partial charge in [-0.3, -0.25) is 9.48 Å². The molecule has 2 rings (SSSR count). The second-order valence-corrected chi connectivity index (χ2v) is 6.59. The van der Waals surface area contributed by atoms with Crippen molar-refractivity contribution >= 4 is 46.5 Å². The lowest BCUT2D eigenvalue weighted by Crippen LogP contribution is -2.57. The van der Waals surface area contributed by atoms with Gasteiger partial charge in [-0.2, -0.15) is 35.8 Å². The van der Waals surface area contributed by atoms with Crippen LogP contribution in [0.4, 0.5) is 36.6 Å². The fourth-order valence-electron chi connectivity index (χ4n) is 1.89. The summed E-state index contributed by atoms with van der Waals surface area (Å²) in [7, 11) is 0. The van der Waals surface area contributed by atoms with Crippen LogP contribution in [0.1, 0.15) is 5.56 Å². The lowest BCUT2D eigenvalue weighted by molar-refractivity contribution is -0.343. The van der Waals surface area contributed by atoms with Crippen molar-refractivity contribution in [2.75, 3.05) is 5.32 Å². The molecule has 0 atom stereocenters. The largest absolute Gasteiger partial charge is 0.460 e. The van der Waals surface area contributed by atoms with E-state index in [1.165, 1.54) is 23.5 Å². The number of carbonyl (C=O) groups is 1. The third-order valence-electron chi connectivity index (χ3n) is 3.31. The predicted octanol–water partition coefficient (Wildman–Crippen LogP) is 5.66. The summed E-state index contributed by atoms with van der Waals surface area (Å²) in [5.41, 5.74) is 0.514. The molecule has 4 nitrogen and oxygen atoms in total. The highest BCUT2D eigenvalue weighted by Crippen LogP contribution is 2.47. The van der Waals surface area contributed by atoms with Gasteiger partial charge in [0.15, 0.2) is 5.82 Å². The summed E-state index contributed by atoms with van der Waals surface area (Å²) in [4.78, 5) is 11.3. The van der Waals surface area contributed by atoms with Crippen LogP contribution in [0.5, 0.6) is 0 Å². The van der Waals surface area contributed by atoms with Gasteiger partial charge in [-0.15, -0.1) is 0 Å². The van der Waals surface area contributed by atoms with Crippen molar-refractivity contribution in [1.82, 2.24) is 9.78 Å². The number of carbonyl (C=O) groups excluding carboxylic acids is 1. The second kappa shape index (κ2) is 7.60. The Hall–Kier alpha value is -1.72. The van der Waals surface area contributed by atoms with E-state index >= 15 is 0 Å². The SMILES string of the molecule is O=C(Nc1nn(Cc2ccc(Cl)c(Cl)c2)cc1Cl)C(F)(F)C(F)(F)C(F)(F)F. The zero-order valence-corrected chi connectivity index (χ0v) is 15.4. The Balaban J connectivity index is 2.21. The van der Waals surface area contributed by atoms with E-state index in [9.17, 15) is 35.5 Å². The quantitative estimate of drug-likeness (QED) is 0.571. The van der Waals surface area contributed by atoms with Crippen LogP contribution in [0.15, 0.2) is 24.4 Å².